The first-order valence-corrected chi connectivity index (χ1v) is 7.00. The second kappa shape index (κ2) is 7.03. The summed E-state index contributed by atoms with van der Waals surface area (Å²) in [5.74, 6) is -1.19. The van der Waals surface area contributed by atoms with Crippen LogP contribution in [0.5, 0.6) is 0 Å². The van der Waals surface area contributed by atoms with Gasteiger partial charge in [-0.2, -0.15) is 0 Å². The smallest absolute Gasteiger partial charge is 0.356 e. The molecule has 1 saturated heterocycles. The average molecular weight is 293 g/mol. The highest BCUT2D eigenvalue weighted by Gasteiger charge is 2.25. The van der Waals surface area contributed by atoms with Crippen LogP contribution in [-0.2, 0) is 0 Å². The Balaban J connectivity index is 2.14. The molecule has 7 heteroatoms. The van der Waals surface area contributed by atoms with Crippen molar-refractivity contribution in [1.29, 1.82) is 0 Å². The monoisotopic (exact) mass is 293 g/mol. The highest BCUT2D eigenvalue weighted by molar-refractivity contribution is 5.98. The molecule has 1 aliphatic rings. The maximum Gasteiger partial charge on any atom is 0.356 e. The Morgan fingerprint density at radius 1 is 1.38 bits per heavy atom. The highest BCUT2D eigenvalue weighted by Crippen LogP contribution is 2.19. The number of carboxylic acid groups (broad SMARTS) is 1. The largest absolute Gasteiger partial charge is 0.476 e. The van der Waals surface area contributed by atoms with E-state index < -0.39 is 12.0 Å². The molecule has 0 radical (unpaired) electrons. The normalized spacial score (nSPS) is 18.9. The molecule has 1 aromatic rings. The van der Waals surface area contributed by atoms with Crippen molar-refractivity contribution in [1.82, 2.24) is 9.88 Å². The van der Waals surface area contributed by atoms with Crippen LogP contribution in [0.3, 0.4) is 0 Å². The van der Waals surface area contributed by atoms with Crippen molar-refractivity contribution in [3.8, 4) is 0 Å². The molecule has 7 nitrogen and oxygen atoms in total. The summed E-state index contributed by atoms with van der Waals surface area (Å²) < 4.78 is 0. The van der Waals surface area contributed by atoms with Gasteiger partial charge in [0.2, 0.25) is 0 Å². The topological polar surface area (TPSA) is 103 Å². The molecule has 1 atom stereocenters. The minimum atomic E-state index is -1.19. The Labute approximate surface area is 122 Å². The summed E-state index contributed by atoms with van der Waals surface area (Å²) in [6.07, 6.45) is 4.99. The molecule has 114 valence electrons. The number of carboxylic acids is 1. The number of anilines is 1. The standard InChI is InChI=1S/C14H19N3O4/c18-9-10-5-2-1-3-8-17(10)14(21)16-11-6-4-7-15-12(11)13(19)20/h4,6-7,10,18H,1-3,5,8-9H2,(H,16,21)(H,19,20). The Hall–Kier alpha value is -2.15. The number of hydrogen-bond acceptors (Lipinski definition) is 4. The van der Waals surface area contributed by atoms with Crippen molar-refractivity contribution in [3.05, 3.63) is 24.0 Å². The number of carbonyl (C=O) groups is 2. The van der Waals surface area contributed by atoms with Gasteiger partial charge in [-0.15, -0.1) is 0 Å². The fraction of sp³-hybridized carbons (Fsp3) is 0.500. The van der Waals surface area contributed by atoms with Gasteiger partial charge in [0.25, 0.3) is 0 Å². The third kappa shape index (κ3) is 3.69. The number of rotatable bonds is 3. The number of likely N-dealkylation sites (tertiary alicyclic amines) is 1. The number of hydrogen-bond donors (Lipinski definition) is 3. The Kier molecular flexibility index (Phi) is 5.10. The number of aliphatic hydroxyl groups is 1. The number of aromatic carboxylic acids is 1. The van der Waals surface area contributed by atoms with Crippen LogP contribution in [0.2, 0.25) is 0 Å². The van der Waals surface area contributed by atoms with E-state index in [4.69, 9.17) is 5.11 Å². The van der Waals surface area contributed by atoms with Gasteiger partial charge in [-0.05, 0) is 25.0 Å². The lowest BCUT2D eigenvalue weighted by Crippen LogP contribution is -2.44. The molecule has 21 heavy (non-hydrogen) atoms. The molecule has 0 saturated carbocycles. The third-order valence-corrected chi connectivity index (χ3v) is 3.60. The number of nitrogens with zero attached hydrogens (tertiary/aromatic N) is 2. The SMILES string of the molecule is O=C(O)c1ncccc1NC(=O)N1CCCCCC1CO. The lowest BCUT2D eigenvalue weighted by molar-refractivity contribution is 0.0691. The van der Waals surface area contributed by atoms with Crippen LogP contribution >= 0.6 is 0 Å². The van der Waals surface area contributed by atoms with Gasteiger partial charge in [-0.25, -0.2) is 14.6 Å². The molecule has 0 bridgehead atoms. The van der Waals surface area contributed by atoms with E-state index in [9.17, 15) is 14.7 Å². The second-order valence-corrected chi connectivity index (χ2v) is 5.01. The van der Waals surface area contributed by atoms with Gasteiger partial charge in [0, 0.05) is 12.7 Å². The predicted molar refractivity (Wildman–Crippen MR) is 76.3 cm³/mol. The molecular weight excluding hydrogens is 274 g/mol. The molecule has 2 heterocycles. The molecule has 3 N–H and O–H groups in total. The minimum Gasteiger partial charge on any atom is -0.476 e. The lowest BCUT2D eigenvalue weighted by atomic mass is 10.1. The lowest BCUT2D eigenvalue weighted by Gasteiger charge is -2.28. The van der Waals surface area contributed by atoms with Gasteiger partial charge < -0.3 is 20.4 Å². The van der Waals surface area contributed by atoms with Crippen molar-refractivity contribution < 1.29 is 19.8 Å². The van der Waals surface area contributed by atoms with E-state index in [0.29, 0.717) is 6.54 Å². The van der Waals surface area contributed by atoms with Crippen molar-refractivity contribution >= 4 is 17.7 Å². The van der Waals surface area contributed by atoms with Crippen molar-refractivity contribution in [2.75, 3.05) is 18.5 Å². The third-order valence-electron chi connectivity index (χ3n) is 3.60. The fourth-order valence-electron chi connectivity index (χ4n) is 2.50. The molecule has 0 spiro atoms. The number of nitrogens with one attached hydrogen (secondary N) is 1. The van der Waals surface area contributed by atoms with Crippen LogP contribution in [0.4, 0.5) is 10.5 Å². The zero-order chi connectivity index (χ0) is 15.2. The molecule has 1 unspecified atom stereocenters. The number of aromatic nitrogens is 1. The quantitative estimate of drug-likeness (QED) is 0.784. The van der Waals surface area contributed by atoms with Crippen LogP contribution in [-0.4, -0.2) is 51.3 Å². The predicted octanol–water partition coefficient (Wildman–Crippen LogP) is 1.55. The maximum absolute atomic E-state index is 12.3. The Morgan fingerprint density at radius 3 is 2.90 bits per heavy atom. The van der Waals surface area contributed by atoms with Gasteiger partial charge in [0.1, 0.15) is 0 Å². The number of pyridine rings is 1. The van der Waals surface area contributed by atoms with Crippen molar-refractivity contribution in [2.24, 2.45) is 0 Å². The highest BCUT2D eigenvalue weighted by atomic mass is 16.4. The summed E-state index contributed by atoms with van der Waals surface area (Å²) in [6.45, 7) is 0.464. The molecule has 1 aliphatic heterocycles. The second-order valence-electron chi connectivity index (χ2n) is 5.01. The number of aliphatic hydroxyl groups excluding tert-OH is 1. The summed E-state index contributed by atoms with van der Waals surface area (Å²) in [4.78, 5) is 28.8. The molecule has 1 aromatic heterocycles. The van der Waals surface area contributed by atoms with Crippen molar-refractivity contribution in [2.45, 2.75) is 31.7 Å². The molecule has 1 fully saturated rings. The first-order valence-electron chi connectivity index (χ1n) is 7.00. The van der Waals surface area contributed by atoms with Crippen LogP contribution in [0, 0.1) is 0 Å². The average Bonchev–Trinajstić information content (AvgIpc) is 2.72. The zero-order valence-electron chi connectivity index (χ0n) is 11.7. The first-order chi connectivity index (χ1) is 10.1. The van der Waals surface area contributed by atoms with E-state index in [0.717, 1.165) is 25.7 Å². The number of carbonyl (C=O) groups excluding carboxylic acids is 1. The summed E-state index contributed by atoms with van der Waals surface area (Å²) in [5, 5.41) is 21.1. The number of amides is 2. The molecule has 2 amide bonds. The van der Waals surface area contributed by atoms with Crippen LogP contribution in [0.15, 0.2) is 18.3 Å². The minimum absolute atomic E-state index is 0.0910. The maximum atomic E-state index is 12.3. The summed E-state index contributed by atoms with van der Waals surface area (Å²) >= 11 is 0. The summed E-state index contributed by atoms with van der Waals surface area (Å²) in [7, 11) is 0. The Bertz CT molecular complexity index is 521. The van der Waals surface area contributed by atoms with Gasteiger partial charge in [-0.1, -0.05) is 12.8 Å². The van der Waals surface area contributed by atoms with Crippen LogP contribution < -0.4 is 5.32 Å². The van der Waals surface area contributed by atoms with E-state index in [1.165, 1.54) is 12.3 Å². The van der Waals surface area contributed by atoms with Gasteiger partial charge in [-0.3, -0.25) is 0 Å². The van der Waals surface area contributed by atoms with E-state index in [2.05, 4.69) is 10.3 Å². The van der Waals surface area contributed by atoms with E-state index in [1.54, 1.807) is 11.0 Å². The summed E-state index contributed by atoms with van der Waals surface area (Å²) in [6, 6.07) is 2.44. The van der Waals surface area contributed by atoms with Crippen LogP contribution in [0.25, 0.3) is 0 Å². The van der Waals surface area contributed by atoms with Gasteiger partial charge >= 0.3 is 12.0 Å². The first kappa shape index (κ1) is 15.2. The van der Waals surface area contributed by atoms with E-state index in [1.807, 2.05) is 0 Å². The van der Waals surface area contributed by atoms with Crippen LogP contribution in [0.1, 0.15) is 36.2 Å². The van der Waals surface area contributed by atoms with E-state index in [-0.39, 0.29) is 24.0 Å². The van der Waals surface area contributed by atoms with Crippen molar-refractivity contribution in [3.63, 3.8) is 0 Å². The summed E-state index contributed by atoms with van der Waals surface area (Å²) in [5.41, 5.74) is -0.0304. The van der Waals surface area contributed by atoms with E-state index >= 15 is 0 Å². The molecular formula is C14H19N3O4. The van der Waals surface area contributed by atoms with Gasteiger partial charge in [0.15, 0.2) is 5.69 Å². The molecule has 0 aliphatic carbocycles. The molecule has 2 rings (SSSR count). The zero-order valence-corrected chi connectivity index (χ0v) is 11.7. The Morgan fingerprint density at radius 2 is 2.19 bits per heavy atom. The van der Waals surface area contributed by atoms with Gasteiger partial charge in [0.05, 0.1) is 18.3 Å². The number of urea groups is 1. The molecule has 0 aromatic carbocycles. The fourth-order valence-corrected chi connectivity index (χ4v) is 2.50.